The number of urea groups is 1. The smallest absolute Gasteiger partial charge is 0.319 e. The Morgan fingerprint density at radius 3 is 3.05 bits per heavy atom. The van der Waals surface area contributed by atoms with Crippen LogP contribution in [0, 0.1) is 0 Å². The van der Waals surface area contributed by atoms with Crippen LogP contribution in [0.1, 0.15) is 32.6 Å². The molecule has 21 heavy (non-hydrogen) atoms. The third-order valence-corrected chi connectivity index (χ3v) is 4.97. The van der Waals surface area contributed by atoms with Crippen LogP contribution in [0.3, 0.4) is 0 Å². The van der Waals surface area contributed by atoms with Crippen molar-refractivity contribution in [1.29, 1.82) is 0 Å². The first-order valence-electron chi connectivity index (χ1n) is 7.45. The number of carbonyl (C=O) groups is 1. The standard InChI is InChI=1S/C15H23N3O2S/c1-3-21-12-7-4-6-11(10-12)16-15(20)17-13-8-5-9-18(2)14(13)19/h5,8-9,11-12H,3-4,6-7,10H2,1-2H3,(H2,16,17,20)/t11-,12-/m1/s1. The molecule has 1 aromatic heterocycles. The molecule has 0 radical (unpaired) electrons. The minimum absolute atomic E-state index is 0.198. The second-order valence-corrected chi connectivity index (χ2v) is 6.95. The van der Waals surface area contributed by atoms with E-state index >= 15 is 0 Å². The number of pyridine rings is 1. The van der Waals surface area contributed by atoms with E-state index in [1.807, 2.05) is 11.8 Å². The fourth-order valence-electron chi connectivity index (χ4n) is 2.70. The Bertz CT molecular complexity index is 542. The fourth-order valence-corrected chi connectivity index (χ4v) is 3.87. The first-order valence-corrected chi connectivity index (χ1v) is 8.49. The lowest BCUT2D eigenvalue weighted by Gasteiger charge is -2.29. The first-order chi connectivity index (χ1) is 10.1. The van der Waals surface area contributed by atoms with E-state index in [9.17, 15) is 9.59 Å². The van der Waals surface area contributed by atoms with Gasteiger partial charge < -0.3 is 15.2 Å². The zero-order chi connectivity index (χ0) is 15.2. The minimum Gasteiger partial charge on any atom is -0.335 e. The summed E-state index contributed by atoms with van der Waals surface area (Å²) in [5.74, 6) is 1.11. The molecular formula is C15H23N3O2S. The van der Waals surface area contributed by atoms with Crippen molar-refractivity contribution in [2.75, 3.05) is 11.1 Å². The van der Waals surface area contributed by atoms with E-state index in [1.165, 1.54) is 11.0 Å². The average molecular weight is 309 g/mol. The molecule has 0 unspecified atom stereocenters. The number of hydrogen-bond acceptors (Lipinski definition) is 3. The number of aromatic nitrogens is 1. The molecule has 0 saturated heterocycles. The van der Waals surface area contributed by atoms with E-state index in [0.29, 0.717) is 10.9 Å². The van der Waals surface area contributed by atoms with Crippen molar-refractivity contribution in [2.24, 2.45) is 7.05 Å². The molecule has 6 heteroatoms. The molecule has 2 amide bonds. The second-order valence-electron chi connectivity index (χ2n) is 5.38. The number of nitrogens with one attached hydrogen (secondary N) is 2. The maximum Gasteiger partial charge on any atom is 0.319 e. The number of carbonyl (C=O) groups excluding carboxylic acids is 1. The molecule has 1 heterocycles. The summed E-state index contributed by atoms with van der Waals surface area (Å²) in [5.41, 5.74) is 0.114. The van der Waals surface area contributed by atoms with Gasteiger partial charge >= 0.3 is 6.03 Å². The van der Waals surface area contributed by atoms with E-state index in [-0.39, 0.29) is 17.6 Å². The van der Waals surface area contributed by atoms with Gasteiger partial charge in [-0.05, 0) is 37.1 Å². The summed E-state index contributed by atoms with van der Waals surface area (Å²) in [6.07, 6.45) is 6.08. The molecule has 5 nitrogen and oxygen atoms in total. The van der Waals surface area contributed by atoms with Crippen LogP contribution >= 0.6 is 11.8 Å². The van der Waals surface area contributed by atoms with E-state index in [2.05, 4.69) is 17.6 Å². The van der Waals surface area contributed by atoms with E-state index in [0.717, 1.165) is 25.0 Å². The highest BCUT2D eigenvalue weighted by atomic mass is 32.2. The number of anilines is 1. The van der Waals surface area contributed by atoms with Crippen molar-refractivity contribution in [3.8, 4) is 0 Å². The van der Waals surface area contributed by atoms with Crippen molar-refractivity contribution < 1.29 is 4.79 Å². The lowest BCUT2D eigenvalue weighted by molar-refractivity contribution is 0.244. The molecule has 2 rings (SSSR count). The van der Waals surface area contributed by atoms with Crippen LogP contribution in [0.2, 0.25) is 0 Å². The van der Waals surface area contributed by atoms with E-state index in [1.54, 1.807) is 25.4 Å². The predicted molar refractivity (Wildman–Crippen MR) is 88.0 cm³/mol. The summed E-state index contributed by atoms with van der Waals surface area (Å²) < 4.78 is 1.45. The van der Waals surface area contributed by atoms with Gasteiger partial charge in [0.05, 0.1) is 0 Å². The Morgan fingerprint density at radius 2 is 2.29 bits per heavy atom. The minimum atomic E-state index is -0.287. The number of thioether (sulfide) groups is 1. The zero-order valence-electron chi connectivity index (χ0n) is 12.6. The van der Waals surface area contributed by atoms with E-state index < -0.39 is 0 Å². The van der Waals surface area contributed by atoms with Gasteiger partial charge in [-0.3, -0.25) is 4.79 Å². The van der Waals surface area contributed by atoms with Crippen molar-refractivity contribution in [3.63, 3.8) is 0 Å². The quantitative estimate of drug-likeness (QED) is 0.898. The molecule has 116 valence electrons. The molecule has 2 N–H and O–H groups in total. The van der Waals surface area contributed by atoms with Crippen molar-refractivity contribution >= 4 is 23.5 Å². The SMILES string of the molecule is CCS[C@@H]1CCC[C@@H](NC(=O)Nc2cccn(C)c2=O)C1. The monoisotopic (exact) mass is 309 g/mol. The molecule has 0 aliphatic heterocycles. The summed E-state index contributed by atoms with van der Waals surface area (Å²) in [6, 6.07) is 3.28. The molecule has 2 atom stereocenters. The third kappa shape index (κ3) is 4.52. The molecule has 1 aliphatic rings. The highest BCUT2D eigenvalue weighted by Gasteiger charge is 2.23. The van der Waals surface area contributed by atoms with Crippen LogP contribution in [0.15, 0.2) is 23.1 Å². The van der Waals surface area contributed by atoms with Gasteiger partial charge in [0.25, 0.3) is 5.56 Å². The van der Waals surface area contributed by atoms with Gasteiger partial charge in [0.1, 0.15) is 5.69 Å². The summed E-state index contributed by atoms with van der Waals surface area (Å²) >= 11 is 1.97. The largest absolute Gasteiger partial charge is 0.335 e. The lowest BCUT2D eigenvalue weighted by atomic mass is 9.95. The predicted octanol–water partition coefficient (Wildman–Crippen LogP) is 2.57. The molecule has 1 fully saturated rings. The van der Waals surface area contributed by atoms with Gasteiger partial charge in [-0.1, -0.05) is 13.3 Å². The van der Waals surface area contributed by atoms with Gasteiger partial charge in [0, 0.05) is 24.5 Å². The molecule has 0 aromatic carbocycles. The van der Waals surface area contributed by atoms with Crippen LogP contribution in [-0.2, 0) is 7.05 Å². The fraction of sp³-hybridized carbons (Fsp3) is 0.600. The summed E-state index contributed by atoms with van der Waals surface area (Å²) in [4.78, 5) is 23.9. The third-order valence-electron chi connectivity index (χ3n) is 3.74. The van der Waals surface area contributed by atoms with Crippen molar-refractivity contribution in [3.05, 3.63) is 28.7 Å². The van der Waals surface area contributed by atoms with Gasteiger partial charge in [0.15, 0.2) is 0 Å². The van der Waals surface area contributed by atoms with Gasteiger partial charge in [0.2, 0.25) is 0 Å². The Labute approximate surface area is 129 Å². The molecular weight excluding hydrogens is 286 g/mol. The van der Waals surface area contributed by atoms with Gasteiger partial charge in [-0.25, -0.2) is 4.79 Å². The molecule has 1 saturated carbocycles. The number of amides is 2. The lowest BCUT2D eigenvalue weighted by Crippen LogP contribution is -2.42. The van der Waals surface area contributed by atoms with Crippen molar-refractivity contribution in [1.82, 2.24) is 9.88 Å². The normalized spacial score (nSPS) is 21.8. The maximum absolute atomic E-state index is 12.0. The van der Waals surface area contributed by atoms with Gasteiger partial charge in [-0.2, -0.15) is 11.8 Å². The number of aryl methyl sites for hydroxylation is 1. The zero-order valence-corrected chi connectivity index (χ0v) is 13.4. The van der Waals surface area contributed by atoms with Crippen LogP contribution < -0.4 is 16.2 Å². The summed E-state index contributed by atoms with van der Waals surface area (Å²) in [7, 11) is 1.67. The number of hydrogen-bond donors (Lipinski definition) is 2. The molecule has 0 bridgehead atoms. The summed E-state index contributed by atoms with van der Waals surface area (Å²) in [5, 5.41) is 6.28. The molecule has 1 aliphatic carbocycles. The topological polar surface area (TPSA) is 63.1 Å². The van der Waals surface area contributed by atoms with Crippen LogP contribution in [0.25, 0.3) is 0 Å². The Kier molecular flexibility index (Phi) is 5.73. The Morgan fingerprint density at radius 1 is 1.48 bits per heavy atom. The highest BCUT2D eigenvalue weighted by molar-refractivity contribution is 7.99. The Hall–Kier alpha value is -1.43. The number of rotatable bonds is 4. The Balaban J connectivity index is 1.89. The molecule has 1 aromatic rings. The van der Waals surface area contributed by atoms with E-state index in [4.69, 9.17) is 0 Å². The van der Waals surface area contributed by atoms with Crippen LogP contribution in [0.4, 0.5) is 10.5 Å². The van der Waals surface area contributed by atoms with Crippen LogP contribution in [-0.4, -0.2) is 27.6 Å². The second kappa shape index (κ2) is 7.54. The molecule has 0 spiro atoms. The van der Waals surface area contributed by atoms with Crippen LogP contribution in [0.5, 0.6) is 0 Å². The number of nitrogens with zero attached hydrogens (tertiary/aromatic N) is 1. The average Bonchev–Trinajstić information content (AvgIpc) is 2.44. The van der Waals surface area contributed by atoms with Gasteiger partial charge in [-0.15, -0.1) is 0 Å². The van der Waals surface area contributed by atoms with Crippen molar-refractivity contribution in [2.45, 2.75) is 43.9 Å². The first kappa shape index (κ1) is 15.9. The highest BCUT2D eigenvalue weighted by Crippen LogP contribution is 2.28. The maximum atomic E-state index is 12.0. The summed E-state index contributed by atoms with van der Waals surface area (Å²) in [6.45, 7) is 2.17.